The number of aromatic nitrogens is 4. The zero-order chi connectivity index (χ0) is 12.4. The quantitative estimate of drug-likeness (QED) is 0.695. The molecule has 2 aliphatic heterocycles. The van der Waals surface area contributed by atoms with Gasteiger partial charge in [0.1, 0.15) is 25.0 Å². The fraction of sp³-hybridized carbons (Fsp3) is 0.154. The fourth-order valence-electron chi connectivity index (χ4n) is 1.85. The fourth-order valence-corrected chi connectivity index (χ4v) is 1.85. The van der Waals surface area contributed by atoms with E-state index < -0.39 is 0 Å². The minimum Gasteiger partial charge on any atom is -0.414 e. The molecule has 18 heavy (non-hydrogen) atoms. The number of imidazole rings is 1. The Bertz CT molecular complexity index is 620. The van der Waals surface area contributed by atoms with Crippen LogP contribution in [-0.4, -0.2) is 26.8 Å². The Hall–Kier alpha value is -2.43. The van der Waals surface area contributed by atoms with Crippen molar-refractivity contribution in [3.05, 3.63) is 54.2 Å². The number of benzene rings is 1. The highest BCUT2D eigenvalue weighted by Crippen LogP contribution is 2.17. The van der Waals surface area contributed by atoms with E-state index in [-0.39, 0.29) is 0 Å². The van der Waals surface area contributed by atoms with Crippen LogP contribution in [0.5, 0.6) is 0 Å². The third-order valence-corrected chi connectivity index (χ3v) is 2.69. The Balaban J connectivity index is 1.97. The van der Waals surface area contributed by atoms with Crippen LogP contribution in [0.4, 0.5) is 0 Å². The molecule has 5 nitrogen and oxygen atoms in total. The van der Waals surface area contributed by atoms with Crippen molar-refractivity contribution in [2.75, 3.05) is 7.11 Å². The van der Waals surface area contributed by atoms with Gasteiger partial charge >= 0.3 is 0 Å². The lowest BCUT2D eigenvalue weighted by Crippen LogP contribution is -2.10. The van der Waals surface area contributed by atoms with Gasteiger partial charge in [0.2, 0.25) is 0 Å². The van der Waals surface area contributed by atoms with Crippen molar-refractivity contribution in [3.8, 4) is 11.5 Å². The summed E-state index contributed by atoms with van der Waals surface area (Å²) in [4.78, 5) is 18.1. The summed E-state index contributed by atoms with van der Waals surface area (Å²) < 4.78 is 1.51. The minimum atomic E-state index is 0.693. The van der Waals surface area contributed by atoms with Crippen molar-refractivity contribution in [2.24, 2.45) is 0 Å². The molecule has 2 heterocycles. The van der Waals surface area contributed by atoms with Crippen molar-refractivity contribution in [1.82, 2.24) is 19.7 Å². The summed E-state index contributed by atoms with van der Waals surface area (Å²) in [5.41, 5.74) is 1.93. The van der Waals surface area contributed by atoms with E-state index in [1.807, 2.05) is 18.2 Å². The molecular weight excluding hydrogens is 228 g/mol. The van der Waals surface area contributed by atoms with Gasteiger partial charge in [0.25, 0.3) is 0 Å². The van der Waals surface area contributed by atoms with Gasteiger partial charge in [-0.2, -0.15) is 4.73 Å². The predicted octanol–water partition coefficient (Wildman–Crippen LogP) is 1.43. The first-order chi connectivity index (χ1) is 8.86. The highest BCUT2D eigenvalue weighted by molar-refractivity contribution is 5.50. The second kappa shape index (κ2) is 4.44. The molecule has 90 valence electrons. The van der Waals surface area contributed by atoms with Crippen LogP contribution >= 0.6 is 0 Å². The highest BCUT2D eigenvalue weighted by Gasteiger charge is 2.15. The lowest BCUT2D eigenvalue weighted by molar-refractivity contribution is 0.164. The van der Waals surface area contributed by atoms with Crippen LogP contribution in [0.15, 0.2) is 42.9 Å². The lowest BCUT2D eigenvalue weighted by atomic mass is 10.1. The van der Waals surface area contributed by atoms with Gasteiger partial charge in [-0.1, -0.05) is 30.3 Å². The molecule has 0 bridgehead atoms. The van der Waals surface area contributed by atoms with Gasteiger partial charge in [-0.15, -0.1) is 0 Å². The number of nitrogens with zero attached hydrogens (tertiary/aromatic N) is 4. The Kier molecular flexibility index (Phi) is 2.64. The summed E-state index contributed by atoms with van der Waals surface area (Å²) in [6.07, 6.45) is 3.97. The molecule has 0 unspecified atom stereocenters. The van der Waals surface area contributed by atoms with Crippen LogP contribution < -0.4 is 4.84 Å². The molecule has 3 rings (SSSR count). The standard InChI is InChI=1S/C13H12N4O/c1-18-17-9-14-8-11-13(17)16-12(15-11)7-10-5-3-2-4-6-10/h2-6,8-9H,7H2,1H3. The van der Waals surface area contributed by atoms with E-state index in [1.54, 1.807) is 19.6 Å². The van der Waals surface area contributed by atoms with E-state index in [0.29, 0.717) is 12.2 Å². The minimum absolute atomic E-state index is 0.693. The van der Waals surface area contributed by atoms with Crippen LogP contribution in [0.2, 0.25) is 0 Å². The zero-order valence-corrected chi connectivity index (χ0v) is 9.95. The SMILES string of the molecule is COn1cncc2nc(Cc3ccccc3)nc1-2. The summed E-state index contributed by atoms with van der Waals surface area (Å²) in [6.45, 7) is 0. The molecule has 0 amide bonds. The Morgan fingerprint density at radius 1 is 1.17 bits per heavy atom. The van der Waals surface area contributed by atoms with Gasteiger partial charge in [0, 0.05) is 6.42 Å². The molecule has 0 atom stereocenters. The molecule has 1 aromatic rings. The van der Waals surface area contributed by atoms with Crippen LogP contribution in [0, 0.1) is 0 Å². The van der Waals surface area contributed by atoms with Crippen LogP contribution in [0.3, 0.4) is 0 Å². The van der Waals surface area contributed by atoms with E-state index in [9.17, 15) is 0 Å². The number of fused-ring (bicyclic) bond motifs is 1. The second-order valence-corrected chi connectivity index (χ2v) is 3.91. The van der Waals surface area contributed by atoms with Gasteiger partial charge in [-0.25, -0.2) is 15.0 Å². The van der Waals surface area contributed by atoms with E-state index in [2.05, 4.69) is 27.1 Å². The molecule has 0 fully saturated rings. The molecule has 0 aliphatic carbocycles. The van der Waals surface area contributed by atoms with Crippen molar-refractivity contribution in [2.45, 2.75) is 6.42 Å². The third kappa shape index (κ3) is 1.90. The summed E-state index contributed by atoms with van der Waals surface area (Å²) >= 11 is 0. The topological polar surface area (TPSA) is 52.8 Å². The lowest BCUT2D eigenvalue weighted by Gasteiger charge is -2.05. The van der Waals surface area contributed by atoms with Crippen molar-refractivity contribution >= 4 is 0 Å². The molecular formula is C13H12N4O. The molecule has 0 saturated heterocycles. The maximum atomic E-state index is 5.14. The summed E-state index contributed by atoms with van der Waals surface area (Å²) in [7, 11) is 1.58. The normalized spacial score (nSPS) is 10.7. The average molecular weight is 240 g/mol. The van der Waals surface area contributed by atoms with E-state index in [1.165, 1.54) is 10.3 Å². The first-order valence-corrected chi connectivity index (χ1v) is 5.64. The molecule has 0 saturated carbocycles. The van der Waals surface area contributed by atoms with Gasteiger partial charge < -0.3 is 4.84 Å². The molecule has 0 spiro atoms. The summed E-state index contributed by atoms with van der Waals surface area (Å²) in [6, 6.07) is 10.1. The van der Waals surface area contributed by atoms with Crippen molar-refractivity contribution in [1.29, 1.82) is 0 Å². The molecule has 0 aromatic heterocycles. The predicted molar refractivity (Wildman–Crippen MR) is 66.2 cm³/mol. The molecule has 5 heteroatoms. The van der Waals surface area contributed by atoms with Crippen molar-refractivity contribution < 1.29 is 4.84 Å². The Labute approximate surface area is 104 Å². The van der Waals surface area contributed by atoms with E-state index >= 15 is 0 Å². The largest absolute Gasteiger partial charge is 0.414 e. The Morgan fingerprint density at radius 3 is 2.78 bits per heavy atom. The maximum absolute atomic E-state index is 5.14. The Morgan fingerprint density at radius 2 is 2.00 bits per heavy atom. The van der Waals surface area contributed by atoms with Gasteiger partial charge in [-0.05, 0) is 5.56 Å². The highest BCUT2D eigenvalue weighted by atomic mass is 16.6. The molecule has 0 N–H and O–H groups in total. The first-order valence-electron chi connectivity index (χ1n) is 5.64. The van der Waals surface area contributed by atoms with Crippen LogP contribution in [0.1, 0.15) is 11.4 Å². The van der Waals surface area contributed by atoms with Gasteiger partial charge in [0.15, 0.2) is 5.82 Å². The third-order valence-electron chi connectivity index (χ3n) is 2.69. The number of hydrogen-bond acceptors (Lipinski definition) is 4. The number of rotatable bonds is 3. The van der Waals surface area contributed by atoms with Crippen LogP contribution in [-0.2, 0) is 6.42 Å². The summed E-state index contributed by atoms with van der Waals surface area (Å²) in [5.74, 6) is 1.47. The van der Waals surface area contributed by atoms with Gasteiger partial charge in [0.05, 0.1) is 6.20 Å². The smallest absolute Gasteiger partial charge is 0.199 e. The molecule has 2 aliphatic rings. The molecule has 1 aromatic carbocycles. The maximum Gasteiger partial charge on any atom is 0.199 e. The monoisotopic (exact) mass is 240 g/mol. The second-order valence-electron chi connectivity index (χ2n) is 3.91. The van der Waals surface area contributed by atoms with E-state index in [0.717, 1.165) is 11.5 Å². The van der Waals surface area contributed by atoms with E-state index in [4.69, 9.17) is 4.84 Å². The van der Waals surface area contributed by atoms with Crippen molar-refractivity contribution in [3.63, 3.8) is 0 Å². The van der Waals surface area contributed by atoms with Gasteiger partial charge in [-0.3, -0.25) is 0 Å². The van der Waals surface area contributed by atoms with Crippen LogP contribution in [0.25, 0.3) is 11.5 Å². The number of hydrogen-bond donors (Lipinski definition) is 0. The first kappa shape index (κ1) is 10.7. The zero-order valence-electron chi connectivity index (χ0n) is 9.95. The average Bonchev–Trinajstić information content (AvgIpc) is 2.82. The molecule has 0 radical (unpaired) electrons. The summed E-state index contributed by atoms with van der Waals surface area (Å²) in [5, 5.41) is 0.